The van der Waals surface area contributed by atoms with Gasteiger partial charge in [-0.05, 0) is 36.4 Å². The van der Waals surface area contributed by atoms with Crippen molar-refractivity contribution >= 4 is 17.2 Å². The van der Waals surface area contributed by atoms with E-state index in [4.69, 9.17) is 0 Å². The third kappa shape index (κ3) is 3.23. The third-order valence-corrected chi connectivity index (χ3v) is 3.56. The van der Waals surface area contributed by atoms with Crippen molar-refractivity contribution < 1.29 is 4.58 Å². The largest absolute Gasteiger partial charge is 0.287 e. The summed E-state index contributed by atoms with van der Waals surface area (Å²) in [6.45, 7) is 0. The number of benzene rings is 3. The molecule has 0 saturated carbocycles. The molecule has 2 heteroatoms. The van der Waals surface area contributed by atoms with Crippen LogP contribution in [0.5, 0.6) is 0 Å². The molecule has 3 rings (SSSR count). The quantitative estimate of drug-likeness (QED) is 0.425. The van der Waals surface area contributed by atoms with Crippen molar-refractivity contribution in [2.75, 3.05) is 12.4 Å². The van der Waals surface area contributed by atoms with Gasteiger partial charge in [0.25, 0.3) is 5.84 Å². The first-order chi connectivity index (χ1) is 10.8. The minimum absolute atomic E-state index is 1.05. The zero-order valence-corrected chi connectivity index (χ0v) is 12.6. The van der Waals surface area contributed by atoms with E-state index in [9.17, 15) is 0 Å². The second-order valence-electron chi connectivity index (χ2n) is 5.10. The van der Waals surface area contributed by atoms with E-state index in [-0.39, 0.29) is 0 Å². The van der Waals surface area contributed by atoms with Gasteiger partial charge in [0.1, 0.15) is 11.4 Å². The van der Waals surface area contributed by atoms with E-state index in [1.54, 1.807) is 0 Å². The molecule has 0 atom stereocenters. The minimum atomic E-state index is 1.05. The van der Waals surface area contributed by atoms with Crippen LogP contribution in [-0.2, 0) is 0 Å². The molecule has 0 radical (unpaired) electrons. The molecule has 3 aromatic rings. The Morgan fingerprint density at radius 2 is 1.18 bits per heavy atom. The van der Waals surface area contributed by atoms with Crippen LogP contribution in [0.3, 0.4) is 0 Å². The molecule has 0 fully saturated rings. The highest BCUT2D eigenvalue weighted by Crippen LogP contribution is 2.14. The molecule has 2 nitrogen and oxygen atoms in total. The highest BCUT2D eigenvalue weighted by molar-refractivity contribution is 6.05. The van der Waals surface area contributed by atoms with Crippen LogP contribution in [0.1, 0.15) is 5.56 Å². The van der Waals surface area contributed by atoms with Gasteiger partial charge in [-0.3, -0.25) is 0 Å². The fourth-order valence-electron chi connectivity index (χ4n) is 2.38. The average molecular weight is 287 g/mol. The van der Waals surface area contributed by atoms with Crippen LogP contribution >= 0.6 is 0 Å². The van der Waals surface area contributed by atoms with Gasteiger partial charge in [-0.1, -0.05) is 54.6 Å². The van der Waals surface area contributed by atoms with Crippen molar-refractivity contribution in [2.45, 2.75) is 0 Å². The van der Waals surface area contributed by atoms with Crippen LogP contribution in [0, 0.1) is 0 Å². The highest BCUT2D eigenvalue weighted by Gasteiger charge is 2.15. The fraction of sp³-hybridized carbons (Fsp3) is 0.0500. The number of amidine groups is 1. The normalized spacial score (nSPS) is 11.7. The van der Waals surface area contributed by atoms with Crippen molar-refractivity contribution in [3.63, 3.8) is 0 Å². The highest BCUT2D eigenvalue weighted by atomic mass is 15.1. The summed E-state index contributed by atoms with van der Waals surface area (Å²) >= 11 is 0. The van der Waals surface area contributed by atoms with Gasteiger partial charge in [0, 0.05) is 0 Å². The molecule has 0 aliphatic carbocycles. The lowest BCUT2D eigenvalue weighted by molar-refractivity contribution is -0.404. The molecule has 0 bridgehead atoms. The number of anilines is 1. The Balaban J connectivity index is 2.07. The maximum absolute atomic E-state index is 3.54. The summed E-state index contributed by atoms with van der Waals surface area (Å²) in [6, 6.07) is 31.0. The Morgan fingerprint density at radius 1 is 0.682 bits per heavy atom. The van der Waals surface area contributed by atoms with Gasteiger partial charge < -0.3 is 0 Å². The molecule has 3 aromatic carbocycles. The van der Waals surface area contributed by atoms with E-state index in [2.05, 4.69) is 77.6 Å². The number of para-hydroxylation sites is 2. The topological polar surface area (TPSA) is 15.0 Å². The third-order valence-electron chi connectivity index (χ3n) is 3.56. The lowest BCUT2D eigenvalue weighted by Crippen LogP contribution is -2.23. The standard InChI is InChI=1S/C20H18N2/c1-22(19-15-9-4-10-16-19)20(17-11-5-2-6-12-17)21-18-13-7-3-8-14-18/h2-16H,1H3/p+1. The van der Waals surface area contributed by atoms with Crippen LogP contribution in [0.4, 0.5) is 11.4 Å². The van der Waals surface area contributed by atoms with E-state index < -0.39 is 0 Å². The Labute approximate surface area is 131 Å². The average Bonchev–Trinajstić information content (AvgIpc) is 2.61. The zero-order chi connectivity index (χ0) is 15.2. The molecular formula is C20H19N2+. The fourth-order valence-corrected chi connectivity index (χ4v) is 2.38. The predicted molar refractivity (Wildman–Crippen MR) is 92.9 cm³/mol. The van der Waals surface area contributed by atoms with Crippen LogP contribution in [-0.4, -0.2) is 17.5 Å². The van der Waals surface area contributed by atoms with Crippen LogP contribution in [0.15, 0.2) is 91.0 Å². The Hall–Kier alpha value is -2.87. The smallest absolute Gasteiger partial charge is 0.240 e. The van der Waals surface area contributed by atoms with Crippen molar-refractivity contribution in [3.8, 4) is 0 Å². The van der Waals surface area contributed by atoms with Crippen LogP contribution < -0.4 is 5.32 Å². The van der Waals surface area contributed by atoms with Crippen molar-refractivity contribution in [1.82, 2.24) is 0 Å². The Kier molecular flexibility index (Phi) is 4.30. The second kappa shape index (κ2) is 6.72. The summed E-state index contributed by atoms with van der Waals surface area (Å²) in [6.07, 6.45) is 0. The molecule has 0 aliphatic heterocycles. The minimum Gasteiger partial charge on any atom is -0.240 e. The van der Waals surface area contributed by atoms with Gasteiger partial charge >= 0.3 is 0 Å². The Bertz CT molecular complexity index is 747. The Morgan fingerprint density at radius 3 is 1.77 bits per heavy atom. The summed E-state index contributed by atoms with van der Waals surface area (Å²) < 4.78 is 2.17. The summed E-state index contributed by atoms with van der Waals surface area (Å²) in [5.41, 5.74) is 3.37. The molecule has 1 N–H and O–H groups in total. The zero-order valence-electron chi connectivity index (χ0n) is 12.6. The molecule has 22 heavy (non-hydrogen) atoms. The summed E-state index contributed by atoms with van der Waals surface area (Å²) in [5, 5.41) is 3.54. The number of nitrogens with zero attached hydrogens (tertiary/aromatic N) is 1. The second-order valence-corrected chi connectivity index (χ2v) is 5.10. The number of hydrogen-bond donors (Lipinski definition) is 1. The summed E-state index contributed by atoms with van der Waals surface area (Å²) in [5.74, 6) is 1.05. The predicted octanol–water partition coefficient (Wildman–Crippen LogP) is 4.52. The van der Waals surface area contributed by atoms with Gasteiger partial charge in [0.05, 0.1) is 12.6 Å². The van der Waals surface area contributed by atoms with Crippen molar-refractivity contribution in [1.29, 1.82) is 0 Å². The van der Waals surface area contributed by atoms with E-state index in [1.165, 1.54) is 0 Å². The van der Waals surface area contributed by atoms with Gasteiger partial charge in [0.15, 0.2) is 0 Å². The molecule has 0 aromatic heterocycles. The molecule has 0 saturated heterocycles. The van der Waals surface area contributed by atoms with Crippen molar-refractivity contribution in [3.05, 3.63) is 96.6 Å². The molecule has 0 spiro atoms. The maximum Gasteiger partial charge on any atom is 0.287 e. The van der Waals surface area contributed by atoms with Crippen LogP contribution in [0.25, 0.3) is 0 Å². The van der Waals surface area contributed by atoms with E-state index >= 15 is 0 Å². The lowest BCUT2D eigenvalue weighted by Gasteiger charge is -2.09. The first kappa shape index (κ1) is 14.1. The maximum atomic E-state index is 3.54. The van der Waals surface area contributed by atoms with E-state index in [0.717, 1.165) is 22.8 Å². The first-order valence-corrected chi connectivity index (χ1v) is 7.38. The number of hydrogen-bond acceptors (Lipinski definition) is 0. The van der Waals surface area contributed by atoms with Gasteiger partial charge in [0.2, 0.25) is 0 Å². The van der Waals surface area contributed by atoms with Gasteiger partial charge in [-0.25, -0.2) is 9.89 Å². The lowest BCUT2D eigenvalue weighted by atomic mass is 10.2. The summed E-state index contributed by atoms with van der Waals surface area (Å²) in [7, 11) is 2.08. The van der Waals surface area contributed by atoms with E-state index in [1.807, 2.05) is 30.3 Å². The van der Waals surface area contributed by atoms with Crippen molar-refractivity contribution in [2.24, 2.45) is 0 Å². The monoisotopic (exact) mass is 287 g/mol. The van der Waals surface area contributed by atoms with Crippen LogP contribution in [0.2, 0.25) is 0 Å². The number of nitrogens with one attached hydrogen (secondary N) is 1. The first-order valence-electron chi connectivity index (χ1n) is 7.38. The molecular weight excluding hydrogens is 268 g/mol. The van der Waals surface area contributed by atoms with Gasteiger partial charge in [-0.15, -0.1) is 0 Å². The molecule has 0 unspecified atom stereocenters. The molecule has 0 amide bonds. The SMILES string of the molecule is C[N+](=C(Nc1ccccc1)c1ccccc1)c1ccccc1. The molecule has 0 heterocycles. The molecule has 108 valence electrons. The van der Waals surface area contributed by atoms with E-state index in [0.29, 0.717) is 0 Å². The summed E-state index contributed by atoms with van der Waals surface area (Å²) in [4.78, 5) is 0. The number of rotatable bonds is 3. The van der Waals surface area contributed by atoms with Gasteiger partial charge in [-0.2, -0.15) is 0 Å². The molecule has 0 aliphatic rings.